The molecule has 0 aliphatic rings. The molecule has 0 aliphatic carbocycles. The minimum Gasteiger partial charge on any atom is -0.489 e. The number of rotatable bonds is 9. The monoisotopic (exact) mass is 313 g/mol. The van der Waals surface area contributed by atoms with E-state index in [1.807, 2.05) is 12.1 Å². The molecule has 0 saturated carbocycles. The number of hydrogen-bond acceptors (Lipinski definition) is 3. The van der Waals surface area contributed by atoms with Gasteiger partial charge in [-0.25, -0.2) is 0 Å². The van der Waals surface area contributed by atoms with Crippen LogP contribution in [0.15, 0.2) is 24.3 Å². The van der Waals surface area contributed by atoms with Crippen LogP contribution in [0.25, 0.3) is 0 Å². The summed E-state index contributed by atoms with van der Waals surface area (Å²) in [4.78, 5) is 0. The molecule has 0 aromatic heterocycles. The molecular weight excluding hydrogens is 286 g/mol. The van der Waals surface area contributed by atoms with E-state index in [0.29, 0.717) is 35.1 Å². The smallest absolute Gasteiger partial charge is 0.138 e. The van der Waals surface area contributed by atoms with Crippen molar-refractivity contribution in [3.05, 3.63) is 29.3 Å². The normalized spacial score (nSPS) is 13.2. The minimum absolute atomic E-state index is 0.241. The highest BCUT2D eigenvalue weighted by molar-refractivity contribution is 6.32. The van der Waals surface area contributed by atoms with Gasteiger partial charge in [0.25, 0.3) is 0 Å². The number of aliphatic hydroxyl groups excluding tert-OH is 1. The predicted molar refractivity (Wildman–Crippen MR) is 89.0 cm³/mol. The zero-order valence-electron chi connectivity index (χ0n) is 13.5. The van der Waals surface area contributed by atoms with E-state index >= 15 is 0 Å². The van der Waals surface area contributed by atoms with E-state index in [-0.39, 0.29) is 6.61 Å². The summed E-state index contributed by atoms with van der Waals surface area (Å²) in [5, 5.41) is 13.9. The average Bonchev–Trinajstić information content (AvgIpc) is 2.41. The second-order valence-corrected chi connectivity index (χ2v) is 6.61. The Morgan fingerprint density at radius 2 is 1.71 bits per heavy atom. The lowest BCUT2D eigenvalue weighted by Crippen LogP contribution is -2.36. The molecule has 4 heteroatoms. The van der Waals surface area contributed by atoms with Crippen molar-refractivity contribution in [1.82, 2.24) is 5.32 Å². The van der Waals surface area contributed by atoms with Crippen molar-refractivity contribution in [3.63, 3.8) is 0 Å². The molecule has 0 heterocycles. The second kappa shape index (κ2) is 9.29. The van der Waals surface area contributed by atoms with E-state index in [2.05, 4.69) is 33.0 Å². The van der Waals surface area contributed by atoms with Crippen molar-refractivity contribution >= 4 is 11.6 Å². The molecular formula is C17H28ClNO2. The number of benzene rings is 1. The Labute approximate surface area is 133 Å². The molecule has 0 aliphatic heterocycles. The molecule has 1 aromatic carbocycles. The summed E-state index contributed by atoms with van der Waals surface area (Å²) in [5.74, 6) is 2.49. The second-order valence-electron chi connectivity index (χ2n) is 6.21. The van der Waals surface area contributed by atoms with Crippen molar-refractivity contribution in [1.29, 1.82) is 0 Å². The van der Waals surface area contributed by atoms with Gasteiger partial charge in [-0.05, 0) is 36.4 Å². The number of halogens is 1. The minimum atomic E-state index is -0.541. The Morgan fingerprint density at radius 3 is 2.29 bits per heavy atom. The van der Waals surface area contributed by atoms with Gasteiger partial charge in [0, 0.05) is 6.54 Å². The number of nitrogens with one attached hydrogen (secondary N) is 1. The van der Waals surface area contributed by atoms with Gasteiger partial charge in [-0.2, -0.15) is 0 Å². The first-order chi connectivity index (χ1) is 9.91. The van der Waals surface area contributed by atoms with Crippen LogP contribution < -0.4 is 10.1 Å². The van der Waals surface area contributed by atoms with Gasteiger partial charge in [-0.3, -0.25) is 0 Å². The first-order valence-corrected chi connectivity index (χ1v) is 8.05. The third kappa shape index (κ3) is 6.68. The van der Waals surface area contributed by atoms with Crippen LogP contribution in [0.3, 0.4) is 0 Å². The van der Waals surface area contributed by atoms with E-state index < -0.39 is 6.10 Å². The van der Waals surface area contributed by atoms with Gasteiger partial charge in [0.05, 0.1) is 5.02 Å². The third-order valence-electron chi connectivity index (χ3n) is 3.74. The quantitative estimate of drug-likeness (QED) is 0.732. The van der Waals surface area contributed by atoms with E-state index in [1.54, 1.807) is 12.1 Å². The van der Waals surface area contributed by atoms with Gasteiger partial charge in [-0.15, -0.1) is 0 Å². The summed E-state index contributed by atoms with van der Waals surface area (Å²) in [6.07, 6.45) is -0.541. The largest absolute Gasteiger partial charge is 0.489 e. The Kier molecular flexibility index (Phi) is 8.09. The van der Waals surface area contributed by atoms with Gasteiger partial charge in [0.1, 0.15) is 18.5 Å². The van der Waals surface area contributed by atoms with Crippen molar-refractivity contribution in [3.8, 4) is 5.75 Å². The predicted octanol–water partition coefficient (Wildman–Crippen LogP) is 3.60. The molecule has 0 saturated heterocycles. The number of hydrogen-bond donors (Lipinski definition) is 2. The Bertz CT molecular complexity index is 402. The summed E-state index contributed by atoms with van der Waals surface area (Å²) < 4.78 is 5.53. The molecule has 1 unspecified atom stereocenters. The lowest BCUT2D eigenvalue weighted by Gasteiger charge is -2.25. The molecule has 0 fully saturated rings. The number of ether oxygens (including phenoxy) is 1. The standard InChI is InChI=1S/C17H28ClNO2/c1-12(2)15(13(3)4)10-19-9-14(20)11-21-17-8-6-5-7-16(17)18/h5-8,12-15,19-20H,9-11H2,1-4H3. The van der Waals surface area contributed by atoms with E-state index in [1.165, 1.54) is 0 Å². The van der Waals surface area contributed by atoms with E-state index in [9.17, 15) is 5.11 Å². The van der Waals surface area contributed by atoms with Crippen LogP contribution in [0.5, 0.6) is 5.75 Å². The van der Waals surface area contributed by atoms with E-state index in [0.717, 1.165) is 6.54 Å². The molecule has 1 atom stereocenters. The fourth-order valence-corrected chi connectivity index (χ4v) is 2.65. The molecule has 0 bridgehead atoms. The molecule has 1 aromatic rings. The Hall–Kier alpha value is -0.770. The summed E-state index contributed by atoms with van der Waals surface area (Å²) in [6.45, 7) is 10.6. The number of para-hydroxylation sites is 1. The fraction of sp³-hybridized carbons (Fsp3) is 0.647. The van der Waals surface area contributed by atoms with Crippen molar-refractivity contribution in [2.45, 2.75) is 33.8 Å². The Balaban J connectivity index is 2.28. The summed E-state index contributed by atoms with van der Waals surface area (Å²) >= 11 is 6.00. The maximum absolute atomic E-state index is 9.96. The van der Waals surface area contributed by atoms with Crippen molar-refractivity contribution in [2.24, 2.45) is 17.8 Å². The highest BCUT2D eigenvalue weighted by Crippen LogP contribution is 2.23. The highest BCUT2D eigenvalue weighted by atomic mass is 35.5. The molecule has 0 radical (unpaired) electrons. The zero-order chi connectivity index (χ0) is 15.8. The van der Waals surface area contributed by atoms with Crippen LogP contribution in [0.1, 0.15) is 27.7 Å². The highest BCUT2D eigenvalue weighted by Gasteiger charge is 2.17. The summed E-state index contributed by atoms with van der Waals surface area (Å²) in [6, 6.07) is 7.29. The maximum atomic E-state index is 9.96. The SMILES string of the molecule is CC(C)C(CNCC(O)COc1ccccc1Cl)C(C)C. The third-order valence-corrected chi connectivity index (χ3v) is 4.05. The molecule has 3 nitrogen and oxygen atoms in total. The average molecular weight is 314 g/mol. The zero-order valence-corrected chi connectivity index (χ0v) is 14.2. The fourth-order valence-electron chi connectivity index (χ4n) is 2.46. The molecule has 1 rings (SSSR count). The van der Waals surface area contributed by atoms with Crippen molar-refractivity contribution in [2.75, 3.05) is 19.7 Å². The van der Waals surface area contributed by atoms with Crippen LogP contribution in [-0.2, 0) is 0 Å². The molecule has 0 amide bonds. The summed E-state index contributed by atoms with van der Waals surface area (Å²) in [7, 11) is 0. The van der Waals surface area contributed by atoms with Gasteiger partial charge < -0.3 is 15.2 Å². The van der Waals surface area contributed by atoms with Crippen LogP contribution in [0.2, 0.25) is 5.02 Å². The molecule has 120 valence electrons. The van der Waals surface area contributed by atoms with Gasteiger partial charge in [-0.1, -0.05) is 51.4 Å². The van der Waals surface area contributed by atoms with E-state index in [4.69, 9.17) is 16.3 Å². The molecule has 2 N–H and O–H groups in total. The lowest BCUT2D eigenvalue weighted by atomic mass is 9.85. The van der Waals surface area contributed by atoms with Crippen LogP contribution in [-0.4, -0.2) is 30.9 Å². The molecule has 21 heavy (non-hydrogen) atoms. The topological polar surface area (TPSA) is 41.5 Å². The van der Waals surface area contributed by atoms with Gasteiger partial charge in [0.15, 0.2) is 0 Å². The summed E-state index contributed by atoms with van der Waals surface area (Å²) in [5.41, 5.74) is 0. The van der Waals surface area contributed by atoms with Crippen LogP contribution in [0.4, 0.5) is 0 Å². The van der Waals surface area contributed by atoms with Crippen molar-refractivity contribution < 1.29 is 9.84 Å². The maximum Gasteiger partial charge on any atom is 0.138 e. The first kappa shape index (κ1) is 18.3. The molecule has 0 spiro atoms. The van der Waals surface area contributed by atoms with Crippen LogP contribution in [0, 0.1) is 17.8 Å². The number of aliphatic hydroxyl groups is 1. The van der Waals surface area contributed by atoms with Crippen LogP contribution >= 0.6 is 11.6 Å². The van der Waals surface area contributed by atoms with Gasteiger partial charge in [0.2, 0.25) is 0 Å². The lowest BCUT2D eigenvalue weighted by molar-refractivity contribution is 0.103. The van der Waals surface area contributed by atoms with Gasteiger partial charge >= 0.3 is 0 Å². The Morgan fingerprint density at radius 1 is 1.10 bits per heavy atom. The first-order valence-electron chi connectivity index (χ1n) is 7.68.